The molecule has 0 aromatic carbocycles. The molecule has 0 saturated heterocycles. The summed E-state index contributed by atoms with van der Waals surface area (Å²) in [5.41, 5.74) is 0. The van der Waals surface area contributed by atoms with Crippen LogP contribution in [0.15, 0.2) is 0 Å². The molecule has 88 valence electrons. The van der Waals surface area contributed by atoms with Crippen molar-refractivity contribution in [3.8, 4) is 0 Å². The van der Waals surface area contributed by atoms with E-state index in [-0.39, 0.29) is 11.8 Å². The molecule has 0 aliphatic rings. The van der Waals surface area contributed by atoms with Crippen LogP contribution in [0.1, 0.15) is 26.7 Å². The molecule has 5 nitrogen and oxygen atoms in total. The van der Waals surface area contributed by atoms with Crippen LogP contribution in [-0.4, -0.2) is 36.7 Å². The van der Waals surface area contributed by atoms with Crippen molar-refractivity contribution in [2.45, 2.75) is 32.7 Å². The van der Waals surface area contributed by atoms with Crippen LogP contribution >= 0.6 is 0 Å². The molecule has 2 unspecified atom stereocenters. The van der Waals surface area contributed by atoms with Gasteiger partial charge < -0.3 is 15.2 Å². The minimum absolute atomic E-state index is 0.242. The predicted molar refractivity (Wildman–Crippen MR) is 55.1 cm³/mol. The lowest BCUT2D eigenvalue weighted by Gasteiger charge is -2.15. The third-order valence-corrected chi connectivity index (χ3v) is 2.23. The number of methoxy groups -OCH3 is 1. The first-order chi connectivity index (χ1) is 7.04. The van der Waals surface area contributed by atoms with Crippen LogP contribution in [0, 0.1) is 5.92 Å². The molecule has 0 rings (SSSR count). The Bertz CT molecular complexity index is 217. The van der Waals surface area contributed by atoms with Crippen molar-refractivity contribution in [2.75, 3.05) is 13.7 Å². The fraction of sp³-hybridized carbons (Fsp3) is 0.800. The molecule has 0 spiro atoms. The number of carbonyl (C=O) groups excluding carboxylic acids is 2. The van der Waals surface area contributed by atoms with Crippen LogP contribution in [-0.2, 0) is 14.3 Å². The van der Waals surface area contributed by atoms with Crippen molar-refractivity contribution < 1.29 is 19.4 Å². The fourth-order valence-corrected chi connectivity index (χ4v) is 1.04. The van der Waals surface area contributed by atoms with Gasteiger partial charge in [0.2, 0.25) is 5.91 Å². The van der Waals surface area contributed by atoms with Gasteiger partial charge in [-0.05, 0) is 5.92 Å². The monoisotopic (exact) mass is 217 g/mol. The van der Waals surface area contributed by atoms with Crippen LogP contribution in [0.5, 0.6) is 0 Å². The Balaban J connectivity index is 4.07. The second-order valence-corrected chi connectivity index (χ2v) is 3.54. The van der Waals surface area contributed by atoms with Gasteiger partial charge in [-0.15, -0.1) is 0 Å². The number of hydrogen-bond donors (Lipinski definition) is 2. The van der Waals surface area contributed by atoms with E-state index >= 15 is 0 Å². The van der Waals surface area contributed by atoms with Crippen molar-refractivity contribution in [3.05, 3.63) is 0 Å². The van der Waals surface area contributed by atoms with Gasteiger partial charge >= 0.3 is 5.97 Å². The van der Waals surface area contributed by atoms with Crippen LogP contribution in [0.25, 0.3) is 0 Å². The SMILES string of the molecule is CCC(C)CC(=O)NC(CO)C(=O)OC. The van der Waals surface area contributed by atoms with Gasteiger partial charge in [0.15, 0.2) is 6.04 Å². The van der Waals surface area contributed by atoms with Crippen LogP contribution in [0.3, 0.4) is 0 Å². The maximum absolute atomic E-state index is 11.4. The first kappa shape index (κ1) is 13.9. The van der Waals surface area contributed by atoms with E-state index in [9.17, 15) is 9.59 Å². The molecule has 1 amide bonds. The zero-order valence-electron chi connectivity index (χ0n) is 9.45. The maximum Gasteiger partial charge on any atom is 0.330 e. The Hall–Kier alpha value is -1.10. The Morgan fingerprint density at radius 1 is 1.47 bits per heavy atom. The number of ether oxygens (including phenoxy) is 1. The topological polar surface area (TPSA) is 75.6 Å². The molecule has 15 heavy (non-hydrogen) atoms. The lowest BCUT2D eigenvalue weighted by molar-refractivity contribution is -0.146. The normalized spacial score (nSPS) is 14.1. The van der Waals surface area contributed by atoms with Crippen molar-refractivity contribution in [2.24, 2.45) is 5.92 Å². The van der Waals surface area contributed by atoms with Gasteiger partial charge in [0.05, 0.1) is 13.7 Å². The van der Waals surface area contributed by atoms with Crippen LogP contribution in [0.4, 0.5) is 0 Å². The number of rotatable bonds is 6. The second kappa shape index (κ2) is 7.23. The van der Waals surface area contributed by atoms with E-state index in [4.69, 9.17) is 5.11 Å². The average Bonchev–Trinajstić information content (AvgIpc) is 2.24. The summed E-state index contributed by atoms with van der Waals surface area (Å²) >= 11 is 0. The Kier molecular flexibility index (Phi) is 6.70. The van der Waals surface area contributed by atoms with Gasteiger partial charge in [0.1, 0.15) is 0 Å². The van der Waals surface area contributed by atoms with E-state index in [0.717, 1.165) is 6.42 Å². The third kappa shape index (κ3) is 5.37. The van der Waals surface area contributed by atoms with Crippen LogP contribution < -0.4 is 5.32 Å². The number of nitrogens with one attached hydrogen (secondary N) is 1. The smallest absolute Gasteiger partial charge is 0.330 e. The largest absolute Gasteiger partial charge is 0.467 e. The van der Waals surface area contributed by atoms with Gasteiger partial charge in [0.25, 0.3) is 0 Å². The summed E-state index contributed by atoms with van der Waals surface area (Å²) in [6.07, 6.45) is 1.25. The molecular formula is C10H19NO4. The minimum Gasteiger partial charge on any atom is -0.467 e. The van der Waals surface area contributed by atoms with Gasteiger partial charge in [-0.2, -0.15) is 0 Å². The van der Waals surface area contributed by atoms with Crippen LogP contribution in [0.2, 0.25) is 0 Å². The summed E-state index contributed by atoms with van der Waals surface area (Å²) in [5.74, 6) is -0.606. The van der Waals surface area contributed by atoms with Gasteiger partial charge in [-0.25, -0.2) is 4.79 Å². The summed E-state index contributed by atoms with van der Waals surface area (Å²) in [4.78, 5) is 22.4. The number of esters is 1. The lowest BCUT2D eigenvalue weighted by atomic mass is 10.0. The lowest BCUT2D eigenvalue weighted by Crippen LogP contribution is -2.44. The first-order valence-electron chi connectivity index (χ1n) is 5.03. The molecule has 0 fully saturated rings. The Morgan fingerprint density at radius 3 is 2.47 bits per heavy atom. The number of aliphatic hydroxyl groups excluding tert-OH is 1. The molecular weight excluding hydrogens is 198 g/mol. The third-order valence-electron chi connectivity index (χ3n) is 2.23. The first-order valence-corrected chi connectivity index (χ1v) is 5.03. The number of amides is 1. The number of hydrogen-bond acceptors (Lipinski definition) is 4. The average molecular weight is 217 g/mol. The molecule has 0 bridgehead atoms. The molecule has 0 saturated carbocycles. The highest BCUT2D eigenvalue weighted by Crippen LogP contribution is 2.05. The van der Waals surface area contributed by atoms with E-state index in [0.29, 0.717) is 6.42 Å². The molecule has 0 aromatic heterocycles. The molecule has 2 atom stereocenters. The Morgan fingerprint density at radius 2 is 2.07 bits per heavy atom. The number of carbonyl (C=O) groups is 2. The van der Waals surface area contributed by atoms with E-state index in [2.05, 4.69) is 10.1 Å². The molecule has 0 heterocycles. The summed E-state index contributed by atoms with van der Waals surface area (Å²) < 4.78 is 4.42. The molecule has 0 aliphatic carbocycles. The zero-order chi connectivity index (χ0) is 11.8. The second-order valence-electron chi connectivity index (χ2n) is 3.54. The Labute approximate surface area is 89.8 Å². The number of aliphatic hydroxyl groups is 1. The van der Waals surface area contributed by atoms with Crippen molar-refractivity contribution >= 4 is 11.9 Å². The van der Waals surface area contributed by atoms with E-state index < -0.39 is 18.6 Å². The van der Waals surface area contributed by atoms with E-state index in [1.54, 1.807) is 0 Å². The summed E-state index contributed by atoms with van der Waals surface area (Å²) in [6.45, 7) is 3.49. The van der Waals surface area contributed by atoms with E-state index in [1.165, 1.54) is 7.11 Å². The minimum atomic E-state index is -0.952. The quantitative estimate of drug-likeness (QED) is 0.617. The molecule has 0 aliphatic heterocycles. The van der Waals surface area contributed by atoms with Gasteiger partial charge in [-0.3, -0.25) is 4.79 Å². The maximum atomic E-state index is 11.4. The predicted octanol–water partition coefficient (Wildman–Crippen LogP) is 0.0727. The van der Waals surface area contributed by atoms with Crippen molar-refractivity contribution in [1.82, 2.24) is 5.32 Å². The van der Waals surface area contributed by atoms with Crippen molar-refractivity contribution in [1.29, 1.82) is 0 Å². The molecule has 5 heteroatoms. The molecule has 2 N–H and O–H groups in total. The summed E-state index contributed by atoms with van der Waals surface area (Å²) in [7, 11) is 1.21. The summed E-state index contributed by atoms with van der Waals surface area (Å²) in [5, 5.41) is 11.3. The van der Waals surface area contributed by atoms with Gasteiger partial charge in [0, 0.05) is 6.42 Å². The summed E-state index contributed by atoms with van der Waals surface area (Å²) in [6, 6.07) is -0.952. The van der Waals surface area contributed by atoms with Crippen molar-refractivity contribution in [3.63, 3.8) is 0 Å². The highest BCUT2D eigenvalue weighted by atomic mass is 16.5. The van der Waals surface area contributed by atoms with E-state index in [1.807, 2.05) is 13.8 Å². The highest BCUT2D eigenvalue weighted by molar-refractivity contribution is 5.84. The van der Waals surface area contributed by atoms with Gasteiger partial charge in [-0.1, -0.05) is 20.3 Å². The highest BCUT2D eigenvalue weighted by Gasteiger charge is 2.20. The molecule has 0 aromatic rings. The molecule has 0 radical (unpaired) electrons. The standard InChI is InChI=1S/C10H19NO4/c1-4-7(2)5-9(13)11-8(6-12)10(14)15-3/h7-8,12H,4-6H2,1-3H3,(H,11,13). The zero-order valence-corrected chi connectivity index (χ0v) is 9.45. The fourth-order valence-electron chi connectivity index (χ4n) is 1.04.